The summed E-state index contributed by atoms with van der Waals surface area (Å²) in [5.41, 5.74) is 2.21. The standard InChI is InChI=1S/C23H30N2O2/c1-3-21(18-10-6-4-7-11-18)23(27)24(2)22(19-12-8-5-9-13-19)17-25-15-14-20(26)16-25/h4-13,20-22,26H,3,14-17H2,1-2H3/t20-,21?,22?/m0/s1. The number of likely N-dealkylation sites (N-methyl/N-ethyl adjacent to an activating group) is 1. The van der Waals surface area contributed by atoms with Gasteiger partial charge in [0.05, 0.1) is 18.1 Å². The van der Waals surface area contributed by atoms with Crippen LogP contribution < -0.4 is 0 Å². The summed E-state index contributed by atoms with van der Waals surface area (Å²) < 4.78 is 0. The van der Waals surface area contributed by atoms with Crippen molar-refractivity contribution < 1.29 is 9.90 Å². The molecule has 1 heterocycles. The largest absolute Gasteiger partial charge is 0.392 e. The molecule has 2 unspecified atom stereocenters. The van der Waals surface area contributed by atoms with E-state index >= 15 is 0 Å². The number of carbonyl (C=O) groups is 1. The van der Waals surface area contributed by atoms with Crippen molar-refractivity contribution in [3.63, 3.8) is 0 Å². The second-order valence-corrected chi connectivity index (χ2v) is 7.45. The smallest absolute Gasteiger partial charge is 0.230 e. The van der Waals surface area contributed by atoms with E-state index in [0.29, 0.717) is 6.54 Å². The molecule has 1 N–H and O–H groups in total. The van der Waals surface area contributed by atoms with Gasteiger partial charge in [-0.3, -0.25) is 9.69 Å². The summed E-state index contributed by atoms with van der Waals surface area (Å²) in [5, 5.41) is 9.88. The number of nitrogens with zero attached hydrogens (tertiary/aromatic N) is 2. The van der Waals surface area contributed by atoms with E-state index in [1.165, 1.54) is 0 Å². The fraction of sp³-hybridized carbons (Fsp3) is 0.435. The number of hydrogen-bond donors (Lipinski definition) is 1. The Morgan fingerprint density at radius 1 is 1.11 bits per heavy atom. The highest BCUT2D eigenvalue weighted by atomic mass is 16.3. The SMILES string of the molecule is CCC(C(=O)N(C)C(CN1CC[C@H](O)C1)c1ccccc1)c1ccccc1. The summed E-state index contributed by atoms with van der Waals surface area (Å²) in [4.78, 5) is 17.5. The van der Waals surface area contributed by atoms with Crippen molar-refractivity contribution in [3.05, 3.63) is 71.8 Å². The molecule has 0 saturated carbocycles. The Kier molecular flexibility index (Phi) is 6.64. The summed E-state index contributed by atoms with van der Waals surface area (Å²) in [6.45, 7) is 4.37. The summed E-state index contributed by atoms with van der Waals surface area (Å²) in [7, 11) is 1.91. The van der Waals surface area contributed by atoms with Crippen LogP contribution in [0.1, 0.15) is 42.9 Å². The van der Waals surface area contributed by atoms with Crippen LogP contribution in [0.25, 0.3) is 0 Å². The van der Waals surface area contributed by atoms with Crippen LogP contribution in [0.4, 0.5) is 0 Å². The molecule has 0 spiro atoms. The molecule has 1 amide bonds. The zero-order chi connectivity index (χ0) is 19.2. The van der Waals surface area contributed by atoms with Gasteiger partial charge in [0.15, 0.2) is 0 Å². The molecule has 1 aliphatic heterocycles. The molecular formula is C23H30N2O2. The van der Waals surface area contributed by atoms with Crippen molar-refractivity contribution in [2.75, 3.05) is 26.7 Å². The van der Waals surface area contributed by atoms with Gasteiger partial charge < -0.3 is 10.0 Å². The molecule has 4 heteroatoms. The lowest BCUT2D eigenvalue weighted by molar-refractivity contribution is -0.134. The number of rotatable bonds is 7. The number of aliphatic hydroxyl groups is 1. The van der Waals surface area contributed by atoms with Crippen molar-refractivity contribution in [2.45, 2.75) is 37.8 Å². The fourth-order valence-corrected chi connectivity index (χ4v) is 3.99. The van der Waals surface area contributed by atoms with E-state index in [4.69, 9.17) is 0 Å². The molecular weight excluding hydrogens is 336 g/mol. The Labute approximate surface area is 162 Å². The van der Waals surface area contributed by atoms with Gasteiger partial charge in [0.2, 0.25) is 5.91 Å². The number of carbonyl (C=O) groups excluding carboxylic acids is 1. The highest BCUT2D eigenvalue weighted by Gasteiger charge is 2.31. The lowest BCUT2D eigenvalue weighted by Gasteiger charge is -2.34. The van der Waals surface area contributed by atoms with Crippen molar-refractivity contribution in [2.24, 2.45) is 0 Å². The predicted octanol–water partition coefficient (Wildman–Crippen LogP) is 3.45. The molecule has 27 heavy (non-hydrogen) atoms. The molecule has 1 saturated heterocycles. The van der Waals surface area contributed by atoms with Crippen molar-refractivity contribution >= 4 is 5.91 Å². The minimum absolute atomic E-state index is 0.0261. The summed E-state index contributed by atoms with van der Waals surface area (Å²) in [6.07, 6.45) is 1.33. The zero-order valence-corrected chi connectivity index (χ0v) is 16.3. The van der Waals surface area contributed by atoms with Crippen molar-refractivity contribution in [1.29, 1.82) is 0 Å². The first-order valence-electron chi connectivity index (χ1n) is 9.87. The molecule has 0 bridgehead atoms. The van der Waals surface area contributed by atoms with E-state index in [2.05, 4.69) is 24.0 Å². The Morgan fingerprint density at radius 2 is 1.70 bits per heavy atom. The fourth-order valence-electron chi connectivity index (χ4n) is 3.99. The zero-order valence-electron chi connectivity index (χ0n) is 16.3. The maximum absolute atomic E-state index is 13.4. The maximum atomic E-state index is 13.4. The van der Waals surface area contributed by atoms with Gasteiger partial charge in [-0.05, 0) is 24.0 Å². The number of hydrogen-bond acceptors (Lipinski definition) is 3. The number of amides is 1. The summed E-state index contributed by atoms with van der Waals surface area (Å²) in [5.74, 6) is 0.0175. The van der Waals surface area contributed by atoms with Gasteiger partial charge >= 0.3 is 0 Å². The van der Waals surface area contributed by atoms with Gasteiger partial charge in [0.1, 0.15) is 0 Å². The van der Waals surface area contributed by atoms with Crippen molar-refractivity contribution in [1.82, 2.24) is 9.80 Å². The Hall–Kier alpha value is -2.17. The topological polar surface area (TPSA) is 43.8 Å². The second kappa shape index (κ2) is 9.16. The third-order valence-electron chi connectivity index (χ3n) is 5.59. The first-order chi connectivity index (χ1) is 13.1. The normalized spacial score (nSPS) is 19.6. The van der Waals surface area contributed by atoms with E-state index in [0.717, 1.165) is 37.1 Å². The van der Waals surface area contributed by atoms with Crippen LogP contribution >= 0.6 is 0 Å². The summed E-state index contributed by atoms with van der Waals surface area (Å²) in [6, 6.07) is 20.2. The van der Waals surface area contributed by atoms with E-state index < -0.39 is 0 Å². The number of likely N-dealkylation sites (tertiary alicyclic amines) is 1. The third kappa shape index (κ3) is 4.76. The molecule has 144 valence electrons. The van der Waals surface area contributed by atoms with E-state index in [1.54, 1.807) is 0 Å². The Morgan fingerprint density at radius 3 is 2.22 bits per heavy atom. The second-order valence-electron chi connectivity index (χ2n) is 7.45. The van der Waals surface area contributed by atoms with Gasteiger partial charge in [-0.15, -0.1) is 0 Å². The average molecular weight is 367 g/mol. The molecule has 3 atom stereocenters. The van der Waals surface area contributed by atoms with Crippen LogP contribution in [0.15, 0.2) is 60.7 Å². The molecule has 0 radical (unpaired) electrons. The molecule has 0 aromatic heterocycles. The summed E-state index contributed by atoms with van der Waals surface area (Å²) >= 11 is 0. The third-order valence-corrected chi connectivity index (χ3v) is 5.59. The quantitative estimate of drug-likeness (QED) is 0.816. The lowest BCUT2D eigenvalue weighted by atomic mass is 9.93. The maximum Gasteiger partial charge on any atom is 0.230 e. The first kappa shape index (κ1) is 19.6. The van der Waals surface area contributed by atoms with Gasteiger partial charge in [-0.2, -0.15) is 0 Å². The molecule has 2 aromatic carbocycles. The van der Waals surface area contributed by atoms with Gasteiger partial charge in [0.25, 0.3) is 0 Å². The minimum Gasteiger partial charge on any atom is -0.392 e. The molecule has 0 aliphatic carbocycles. The predicted molar refractivity (Wildman–Crippen MR) is 108 cm³/mol. The molecule has 4 nitrogen and oxygen atoms in total. The van der Waals surface area contributed by atoms with Gasteiger partial charge in [-0.1, -0.05) is 67.6 Å². The Balaban J connectivity index is 1.83. The number of benzene rings is 2. The van der Waals surface area contributed by atoms with Crippen LogP contribution in [-0.2, 0) is 4.79 Å². The van der Waals surface area contributed by atoms with Crippen LogP contribution in [0.3, 0.4) is 0 Å². The highest BCUT2D eigenvalue weighted by molar-refractivity contribution is 5.84. The molecule has 1 aliphatic rings. The van der Waals surface area contributed by atoms with Crippen LogP contribution in [-0.4, -0.2) is 53.6 Å². The monoisotopic (exact) mass is 366 g/mol. The Bertz CT molecular complexity index is 720. The minimum atomic E-state index is -0.254. The van der Waals surface area contributed by atoms with Crippen LogP contribution in [0.5, 0.6) is 0 Å². The highest BCUT2D eigenvalue weighted by Crippen LogP contribution is 2.28. The van der Waals surface area contributed by atoms with E-state index in [-0.39, 0.29) is 24.0 Å². The van der Waals surface area contributed by atoms with Crippen LogP contribution in [0.2, 0.25) is 0 Å². The first-order valence-corrected chi connectivity index (χ1v) is 9.87. The molecule has 2 aromatic rings. The molecule has 3 rings (SSSR count). The van der Waals surface area contributed by atoms with Crippen LogP contribution in [0, 0.1) is 0 Å². The average Bonchev–Trinajstić information content (AvgIpc) is 3.12. The van der Waals surface area contributed by atoms with E-state index in [1.807, 2.05) is 60.5 Å². The van der Waals surface area contributed by atoms with Gasteiger partial charge in [0, 0.05) is 26.7 Å². The van der Waals surface area contributed by atoms with E-state index in [9.17, 15) is 9.90 Å². The van der Waals surface area contributed by atoms with Crippen molar-refractivity contribution in [3.8, 4) is 0 Å². The molecule has 1 fully saturated rings. The number of aliphatic hydroxyl groups excluding tert-OH is 1. The lowest BCUT2D eigenvalue weighted by Crippen LogP contribution is -2.41. The number of β-amino-alcohol motifs (C(OH)–C–C–N with tert-alkyl or cyclic N) is 1. The van der Waals surface area contributed by atoms with Gasteiger partial charge in [-0.25, -0.2) is 0 Å².